The third-order valence-electron chi connectivity index (χ3n) is 5.07. The molecule has 0 aliphatic rings. The quantitative estimate of drug-likeness (QED) is 0.174. The largest absolute Gasteiger partial charge is 0.495 e. The monoisotopic (exact) mass is 561 g/mol. The van der Waals surface area contributed by atoms with E-state index in [9.17, 15) is 13.6 Å². The molecule has 0 saturated heterocycles. The number of methoxy groups -OCH3 is 1. The van der Waals surface area contributed by atoms with Crippen LogP contribution in [0.3, 0.4) is 0 Å². The molecule has 0 fully saturated rings. The highest BCUT2D eigenvalue weighted by Gasteiger charge is 2.20. The van der Waals surface area contributed by atoms with Gasteiger partial charge in [-0.3, -0.25) is 5.21 Å². The molecule has 36 heavy (non-hydrogen) atoms. The Hall–Kier alpha value is -2.93. The number of ether oxygens (including phenoxy) is 1. The number of sulfonamides is 1. The minimum atomic E-state index is -3.84. The molecule has 0 spiro atoms. The smallest absolute Gasteiger partial charge is 0.238 e. The van der Waals surface area contributed by atoms with Crippen LogP contribution in [0.25, 0.3) is 34.0 Å². The number of thiocarbonyl (C=S) groups is 1. The first-order valence-corrected chi connectivity index (χ1v) is 13.4. The van der Waals surface area contributed by atoms with Crippen molar-refractivity contribution in [2.75, 3.05) is 14.2 Å². The Kier molecular flexibility index (Phi) is 7.69. The van der Waals surface area contributed by atoms with Gasteiger partial charge >= 0.3 is 0 Å². The SMILES string of the molecule is COc1ccc(-c2nc(-c3ccc(SC(=S)N(C)O)cc3)oc2-c2ccc(S(N)(=O)=O)cc2)cc1Cl. The third kappa shape index (κ3) is 5.72. The molecule has 3 N–H and O–H groups in total. The Labute approximate surface area is 222 Å². The number of hydrogen-bond acceptors (Lipinski definition) is 8. The number of nitrogens with two attached hydrogens (primary N) is 1. The highest BCUT2D eigenvalue weighted by Crippen LogP contribution is 2.39. The van der Waals surface area contributed by atoms with Crippen LogP contribution in [-0.2, 0) is 10.0 Å². The standard InChI is InChI=1S/C24H20ClN3O5S3/c1-28(29)24(34)35-17-8-3-15(4-9-17)23-27-21(16-7-12-20(32-2)19(25)13-16)22(33-23)14-5-10-18(11-6-14)36(26,30)31/h3-13,29H,1-2H3,(H2,26,30,31). The zero-order valence-electron chi connectivity index (χ0n) is 19.0. The van der Waals surface area contributed by atoms with Crippen molar-refractivity contribution >= 4 is 49.9 Å². The number of aromatic nitrogens is 1. The van der Waals surface area contributed by atoms with Gasteiger partial charge in [0, 0.05) is 28.6 Å². The van der Waals surface area contributed by atoms with E-state index in [0.717, 1.165) is 9.96 Å². The molecule has 3 aromatic carbocycles. The van der Waals surface area contributed by atoms with Crippen LogP contribution < -0.4 is 9.88 Å². The summed E-state index contributed by atoms with van der Waals surface area (Å²) in [6.45, 7) is 0. The van der Waals surface area contributed by atoms with E-state index >= 15 is 0 Å². The van der Waals surface area contributed by atoms with Gasteiger partial charge in [0.25, 0.3) is 0 Å². The zero-order chi connectivity index (χ0) is 26.0. The van der Waals surface area contributed by atoms with Crippen LogP contribution in [0, 0.1) is 0 Å². The lowest BCUT2D eigenvalue weighted by Crippen LogP contribution is -2.16. The summed E-state index contributed by atoms with van der Waals surface area (Å²) in [5.74, 6) is 1.29. The van der Waals surface area contributed by atoms with Gasteiger partial charge in [0.15, 0.2) is 10.1 Å². The molecule has 0 radical (unpaired) electrons. The number of nitrogens with zero attached hydrogens (tertiary/aromatic N) is 2. The van der Waals surface area contributed by atoms with Gasteiger partial charge in [0.2, 0.25) is 15.9 Å². The maximum absolute atomic E-state index is 11.7. The number of rotatable bonds is 6. The van der Waals surface area contributed by atoms with Gasteiger partial charge in [-0.15, -0.1) is 0 Å². The van der Waals surface area contributed by atoms with Crippen LogP contribution in [0.1, 0.15) is 0 Å². The summed E-state index contributed by atoms with van der Waals surface area (Å²) < 4.78 is 35.1. The number of benzene rings is 3. The lowest BCUT2D eigenvalue weighted by atomic mass is 10.1. The van der Waals surface area contributed by atoms with Crippen molar-refractivity contribution < 1.29 is 22.8 Å². The fourth-order valence-corrected chi connectivity index (χ4v) is 4.94. The summed E-state index contributed by atoms with van der Waals surface area (Å²) >= 11 is 12.7. The lowest BCUT2D eigenvalue weighted by molar-refractivity contribution is 0.0205. The first-order chi connectivity index (χ1) is 17.1. The molecule has 0 bridgehead atoms. The number of halogens is 1. The van der Waals surface area contributed by atoms with Crippen molar-refractivity contribution in [2.24, 2.45) is 5.14 Å². The summed E-state index contributed by atoms with van der Waals surface area (Å²) in [6.07, 6.45) is 0. The number of thioether (sulfide) groups is 1. The number of primary sulfonamides is 1. The molecule has 186 valence electrons. The van der Waals surface area contributed by atoms with Crippen molar-refractivity contribution in [3.8, 4) is 39.8 Å². The van der Waals surface area contributed by atoms with E-state index in [1.165, 1.54) is 38.1 Å². The number of hydrogen-bond donors (Lipinski definition) is 2. The predicted octanol–water partition coefficient (Wildman–Crippen LogP) is 5.68. The van der Waals surface area contributed by atoms with E-state index in [1.54, 1.807) is 30.3 Å². The second-order valence-electron chi connectivity index (χ2n) is 7.53. The Balaban J connectivity index is 1.78. The van der Waals surface area contributed by atoms with E-state index in [-0.39, 0.29) is 4.90 Å². The molecule has 0 saturated carbocycles. The Bertz CT molecular complexity index is 1520. The highest BCUT2D eigenvalue weighted by atomic mass is 35.5. The van der Waals surface area contributed by atoms with Gasteiger partial charge in [-0.25, -0.2) is 23.6 Å². The molecular formula is C24H20ClN3O5S3. The van der Waals surface area contributed by atoms with Gasteiger partial charge in [-0.05, 0) is 66.7 Å². The fourth-order valence-electron chi connectivity index (χ4n) is 3.28. The van der Waals surface area contributed by atoms with Crippen LogP contribution in [0.5, 0.6) is 5.75 Å². The van der Waals surface area contributed by atoms with Crippen LogP contribution in [-0.4, -0.2) is 42.2 Å². The topological polar surface area (TPSA) is 119 Å². The van der Waals surface area contributed by atoms with Crippen molar-refractivity contribution in [2.45, 2.75) is 9.79 Å². The minimum absolute atomic E-state index is 0.0143. The molecule has 12 heteroatoms. The average Bonchev–Trinajstić information content (AvgIpc) is 3.29. The van der Waals surface area contributed by atoms with Crippen molar-refractivity contribution in [1.29, 1.82) is 0 Å². The average molecular weight is 562 g/mol. The van der Waals surface area contributed by atoms with Crippen LogP contribution in [0.4, 0.5) is 0 Å². The highest BCUT2D eigenvalue weighted by molar-refractivity contribution is 8.22. The van der Waals surface area contributed by atoms with Gasteiger partial charge < -0.3 is 9.15 Å². The van der Waals surface area contributed by atoms with Crippen LogP contribution >= 0.6 is 35.6 Å². The molecular weight excluding hydrogens is 542 g/mol. The Morgan fingerprint density at radius 3 is 2.25 bits per heavy atom. The molecule has 4 rings (SSSR count). The van der Waals surface area contributed by atoms with E-state index in [4.69, 9.17) is 43.1 Å². The molecule has 8 nitrogen and oxygen atoms in total. The molecule has 0 amide bonds. The number of oxazole rings is 1. The second-order valence-corrected chi connectivity index (χ2v) is 11.2. The molecule has 0 atom stereocenters. The summed E-state index contributed by atoms with van der Waals surface area (Å²) in [4.78, 5) is 5.54. The third-order valence-corrected chi connectivity index (χ3v) is 7.75. The summed E-state index contributed by atoms with van der Waals surface area (Å²) in [7, 11) is -0.853. The summed E-state index contributed by atoms with van der Waals surface area (Å²) in [5.41, 5.74) is 2.51. The molecule has 0 aliphatic carbocycles. The molecule has 1 aromatic heterocycles. The Morgan fingerprint density at radius 2 is 1.69 bits per heavy atom. The van der Waals surface area contributed by atoms with Crippen molar-refractivity contribution in [1.82, 2.24) is 10.0 Å². The van der Waals surface area contributed by atoms with Crippen LogP contribution in [0.15, 0.2) is 80.9 Å². The maximum Gasteiger partial charge on any atom is 0.238 e. The first-order valence-electron chi connectivity index (χ1n) is 10.3. The van der Waals surface area contributed by atoms with Crippen LogP contribution in [0.2, 0.25) is 5.02 Å². The molecule has 0 unspecified atom stereocenters. The zero-order valence-corrected chi connectivity index (χ0v) is 22.2. The maximum atomic E-state index is 11.7. The van der Waals surface area contributed by atoms with Gasteiger partial charge in [0.1, 0.15) is 11.4 Å². The minimum Gasteiger partial charge on any atom is -0.495 e. The molecule has 0 aliphatic heterocycles. The van der Waals surface area contributed by atoms with E-state index in [1.807, 2.05) is 24.3 Å². The van der Waals surface area contributed by atoms with Crippen molar-refractivity contribution in [3.05, 3.63) is 71.8 Å². The van der Waals surface area contributed by atoms with Gasteiger partial charge in [-0.1, -0.05) is 35.6 Å². The summed E-state index contributed by atoms with van der Waals surface area (Å²) in [6, 6.07) is 18.6. The first kappa shape index (κ1) is 26.1. The number of hydroxylamine groups is 2. The van der Waals surface area contributed by atoms with Gasteiger partial charge in [-0.2, -0.15) is 0 Å². The fraction of sp³-hybridized carbons (Fsp3) is 0.0833. The Morgan fingerprint density at radius 1 is 1.08 bits per heavy atom. The van der Waals surface area contributed by atoms with Crippen molar-refractivity contribution in [3.63, 3.8) is 0 Å². The molecule has 4 aromatic rings. The normalized spacial score (nSPS) is 11.4. The second kappa shape index (κ2) is 10.6. The lowest BCUT2D eigenvalue weighted by Gasteiger charge is -2.10. The van der Waals surface area contributed by atoms with E-state index in [0.29, 0.717) is 49.1 Å². The predicted molar refractivity (Wildman–Crippen MR) is 144 cm³/mol. The van der Waals surface area contributed by atoms with E-state index in [2.05, 4.69) is 0 Å². The van der Waals surface area contributed by atoms with Gasteiger partial charge in [0.05, 0.1) is 17.0 Å². The summed E-state index contributed by atoms with van der Waals surface area (Å²) in [5, 5.41) is 16.0. The van der Waals surface area contributed by atoms with E-state index < -0.39 is 10.0 Å². The molecule has 1 heterocycles.